The molecule has 7 nitrogen and oxygen atoms in total. The van der Waals surface area contributed by atoms with Gasteiger partial charge in [0.05, 0.1) is 0 Å². The first kappa shape index (κ1) is 24.7. The molecule has 0 unspecified atom stereocenters. The monoisotopic (exact) mass is 589 g/mol. The van der Waals surface area contributed by atoms with Gasteiger partial charge < -0.3 is 0 Å². The standard InChI is InChI=1S/C23H27F4N7SSe/c1-12-10-33(8-7-28-12)22-17(25)15(35-32-23(11-24)5-6-23)9-14-16(20-29-30-21(36-20)19(26)27)18(31-34(14)22)13-3-2-4-13/h9,12-13,19,28,32H,2-8,10-11H2,1H3/t12-/m0/s1. The summed E-state index contributed by atoms with van der Waals surface area (Å²) in [6.07, 6.45) is 1.73. The molecule has 0 bridgehead atoms. The molecule has 1 aliphatic heterocycles. The molecule has 6 rings (SSSR count). The molecule has 3 aliphatic rings. The number of fused-ring (bicyclic) bond motifs is 1. The third-order valence-electron chi connectivity index (χ3n) is 7.32. The van der Waals surface area contributed by atoms with E-state index in [9.17, 15) is 13.2 Å². The van der Waals surface area contributed by atoms with Crippen LogP contribution in [0.2, 0.25) is 0 Å². The van der Waals surface area contributed by atoms with Crippen molar-refractivity contribution in [2.24, 2.45) is 0 Å². The van der Waals surface area contributed by atoms with E-state index >= 15 is 4.39 Å². The maximum atomic E-state index is 16.2. The van der Waals surface area contributed by atoms with Crippen LogP contribution < -0.4 is 14.9 Å². The van der Waals surface area contributed by atoms with Gasteiger partial charge >= 0.3 is 217 Å². The zero-order valence-corrected chi connectivity index (χ0v) is 22.3. The third-order valence-corrected chi connectivity index (χ3v) is 10.4. The fraction of sp³-hybridized carbons (Fsp3) is 0.609. The molecule has 13 heteroatoms. The Morgan fingerprint density at radius 2 is 2.11 bits per heavy atom. The van der Waals surface area contributed by atoms with Crippen molar-refractivity contribution in [3.63, 3.8) is 0 Å². The topological polar surface area (TPSA) is 70.4 Å². The summed E-state index contributed by atoms with van der Waals surface area (Å²) in [4.78, 5) is 2.32. The Balaban J connectivity index is 1.53. The van der Waals surface area contributed by atoms with E-state index in [0.29, 0.717) is 58.8 Å². The predicted octanol–water partition coefficient (Wildman–Crippen LogP) is 4.09. The van der Waals surface area contributed by atoms with Crippen LogP contribution in [0.4, 0.5) is 23.4 Å². The van der Waals surface area contributed by atoms with Crippen molar-refractivity contribution in [3.8, 4) is 10.1 Å². The van der Waals surface area contributed by atoms with Crippen molar-refractivity contribution in [3.05, 3.63) is 22.1 Å². The minimum absolute atomic E-state index is 0.162. The van der Waals surface area contributed by atoms with Gasteiger partial charge in [0, 0.05) is 0 Å². The quantitative estimate of drug-likeness (QED) is 0.234. The Morgan fingerprint density at radius 1 is 1.31 bits per heavy atom. The van der Waals surface area contributed by atoms with E-state index in [1.54, 1.807) is 10.6 Å². The number of nitrogens with zero attached hydrogens (tertiary/aromatic N) is 5. The normalized spacial score (nSPS) is 21.9. The summed E-state index contributed by atoms with van der Waals surface area (Å²) in [6, 6.07) is 1.87. The molecule has 4 heterocycles. The summed E-state index contributed by atoms with van der Waals surface area (Å²) < 4.78 is 61.6. The van der Waals surface area contributed by atoms with Gasteiger partial charge in [-0.15, -0.1) is 0 Å². The Kier molecular flexibility index (Phi) is 6.56. The van der Waals surface area contributed by atoms with E-state index in [1.807, 2.05) is 11.8 Å². The Bertz CT molecular complexity index is 1270. The second-order valence-electron chi connectivity index (χ2n) is 10.00. The second kappa shape index (κ2) is 9.58. The number of hydrogen-bond acceptors (Lipinski definition) is 7. The summed E-state index contributed by atoms with van der Waals surface area (Å²) in [6.45, 7) is 3.44. The van der Waals surface area contributed by atoms with Crippen molar-refractivity contribution in [1.82, 2.24) is 29.9 Å². The number of halogens is 4. The van der Waals surface area contributed by atoms with Gasteiger partial charge in [-0.2, -0.15) is 0 Å². The van der Waals surface area contributed by atoms with E-state index in [4.69, 9.17) is 5.10 Å². The van der Waals surface area contributed by atoms with Gasteiger partial charge in [0.1, 0.15) is 0 Å². The number of alkyl halides is 3. The van der Waals surface area contributed by atoms with Gasteiger partial charge in [-0.1, -0.05) is 0 Å². The fourth-order valence-corrected chi connectivity index (χ4v) is 7.33. The zero-order chi connectivity index (χ0) is 25.0. The Morgan fingerprint density at radius 3 is 2.72 bits per heavy atom. The predicted molar refractivity (Wildman–Crippen MR) is 131 cm³/mol. The van der Waals surface area contributed by atoms with Crippen LogP contribution in [-0.2, 0) is 0 Å². The van der Waals surface area contributed by atoms with Gasteiger partial charge in [0.15, 0.2) is 0 Å². The van der Waals surface area contributed by atoms with Crippen molar-refractivity contribution < 1.29 is 17.6 Å². The maximum absolute atomic E-state index is 16.2. The number of rotatable bonds is 8. The van der Waals surface area contributed by atoms with Gasteiger partial charge in [-0.3, -0.25) is 0 Å². The molecule has 1 saturated heterocycles. The SMILES string of the molecule is C[C@H]1CN(c2c(F)c(SNC3(CF)CC3)cc3c(-c4nnc(C(F)F)[se]4)c(C4CCC4)nn23)CCN1. The molecular weight excluding hydrogens is 561 g/mol. The van der Waals surface area contributed by atoms with Crippen LogP contribution in [0.5, 0.6) is 0 Å². The van der Waals surface area contributed by atoms with Crippen LogP contribution in [-0.4, -0.2) is 72.2 Å². The number of nitrogens with one attached hydrogen (secondary N) is 2. The van der Waals surface area contributed by atoms with Gasteiger partial charge in [0.25, 0.3) is 0 Å². The van der Waals surface area contributed by atoms with Crippen LogP contribution in [0, 0.1) is 5.82 Å². The molecule has 3 aromatic rings. The molecule has 2 saturated carbocycles. The van der Waals surface area contributed by atoms with Crippen LogP contribution in [0.15, 0.2) is 11.0 Å². The van der Waals surface area contributed by atoms with Crippen LogP contribution in [0.3, 0.4) is 0 Å². The van der Waals surface area contributed by atoms with E-state index in [1.165, 1.54) is 0 Å². The number of piperazine rings is 1. The molecular formula is C23H27F4N7SSe. The van der Waals surface area contributed by atoms with E-state index in [-0.39, 0.29) is 16.5 Å². The average Bonchev–Trinajstić information content (AvgIpc) is 3.27. The summed E-state index contributed by atoms with van der Waals surface area (Å²) in [5, 5.41) is 16.2. The van der Waals surface area contributed by atoms with Crippen molar-refractivity contribution >= 4 is 37.8 Å². The Hall–Kier alpha value is -1.66. The number of pyridine rings is 1. The van der Waals surface area contributed by atoms with E-state index in [2.05, 4.69) is 20.2 Å². The van der Waals surface area contributed by atoms with Crippen molar-refractivity contribution in [1.29, 1.82) is 0 Å². The summed E-state index contributed by atoms with van der Waals surface area (Å²) in [5.74, 6) is 0.117. The van der Waals surface area contributed by atoms with Crippen LogP contribution in [0.1, 0.15) is 61.6 Å². The fourth-order valence-electron chi connectivity index (χ4n) is 4.79. The van der Waals surface area contributed by atoms with Gasteiger partial charge in [0.2, 0.25) is 0 Å². The molecule has 3 aromatic heterocycles. The number of anilines is 1. The zero-order valence-electron chi connectivity index (χ0n) is 19.7. The van der Waals surface area contributed by atoms with Crippen LogP contribution in [0.25, 0.3) is 15.6 Å². The molecule has 1 atom stereocenters. The van der Waals surface area contributed by atoms with Crippen molar-refractivity contribution in [2.75, 3.05) is 31.2 Å². The second-order valence-corrected chi connectivity index (χ2v) is 13.0. The summed E-state index contributed by atoms with van der Waals surface area (Å²) >= 11 is 0.367. The first-order chi connectivity index (χ1) is 17.4. The van der Waals surface area contributed by atoms with E-state index < -0.39 is 39.0 Å². The van der Waals surface area contributed by atoms with Crippen LogP contribution >= 0.6 is 11.9 Å². The molecule has 2 aliphatic carbocycles. The summed E-state index contributed by atoms with van der Waals surface area (Å²) in [7, 11) is 0. The number of hydrogen-bond donors (Lipinski definition) is 2. The minimum atomic E-state index is -2.65. The average molecular weight is 589 g/mol. The van der Waals surface area contributed by atoms with Crippen molar-refractivity contribution in [2.45, 2.75) is 67.8 Å². The van der Waals surface area contributed by atoms with E-state index in [0.717, 1.165) is 36.9 Å². The molecule has 194 valence electrons. The molecule has 0 amide bonds. The first-order valence-electron chi connectivity index (χ1n) is 12.2. The Labute approximate surface area is 216 Å². The number of aromatic nitrogens is 4. The molecule has 0 radical (unpaired) electrons. The van der Waals surface area contributed by atoms with Gasteiger partial charge in [-0.05, 0) is 0 Å². The molecule has 3 fully saturated rings. The molecule has 36 heavy (non-hydrogen) atoms. The first-order valence-corrected chi connectivity index (χ1v) is 14.8. The summed E-state index contributed by atoms with van der Waals surface area (Å²) in [5.41, 5.74) is 1.53. The molecule has 0 aromatic carbocycles. The molecule has 2 N–H and O–H groups in total. The van der Waals surface area contributed by atoms with Gasteiger partial charge in [-0.25, -0.2) is 0 Å². The third kappa shape index (κ3) is 4.36. The molecule has 0 spiro atoms.